The first-order valence-corrected chi connectivity index (χ1v) is 7.89. The summed E-state index contributed by atoms with van der Waals surface area (Å²) in [5.74, 6) is -0.567. The highest BCUT2D eigenvalue weighted by molar-refractivity contribution is 6.30. The van der Waals surface area contributed by atoms with Crippen LogP contribution in [0.2, 0.25) is 5.02 Å². The highest BCUT2D eigenvalue weighted by atomic mass is 35.5. The van der Waals surface area contributed by atoms with E-state index >= 15 is 0 Å². The summed E-state index contributed by atoms with van der Waals surface area (Å²) < 4.78 is 13.2. The smallest absolute Gasteiger partial charge is 0.225 e. The van der Waals surface area contributed by atoms with Crippen LogP contribution in [0.1, 0.15) is 29.2 Å². The van der Waals surface area contributed by atoms with E-state index in [9.17, 15) is 14.3 Å². The van der Waals surface area contributed by atoms with Gasteiger partial charge in [-0.25, -0.2) is 4.39 Å². The molecule has 1 heterocycles. The van der Waals surface area contributed by atoms with Crippen LogP contribution >= 0.6 is 11.6 Å². The molecule has 1 unspecified atom stereocenters. The summed E-state index contributed by atoms with van der Waals surface area (Å²) in [5.41, 5.74) is 2.65. The van der Waals surface area contributed by atoms with Crippen molar-refractivity contribution in [3.05, 3.63) is 70.0 Å². The van der Waals surface area contributed by atoms with Crippen LogP contribution in [0.25, 0.3) is 0 Å². The van der Waals surface area contributed by atoms with Gasteiger partial charge in [-0.05, 0) is 47.4 Å². The normalized spacial score (nSPS) is 15.2. The summed E-state index contributed by atoms with van der Waals surface area (Å²) in [4.78, 5) is 14.1. The zero-order chi connectivity index (χ0) is 16.4. The van der Waals surface area contributed by atoms with E-state index in [4.69, 9.17) is 11.6 Å². The highest BCUT2D eigenvalue weighted by Gasteiger charge is 2.23. The van der Waals surface area contributed by atoms with Crippen molar-refractivity contribution < 1.29 is 14.3 Å². The van der Waals surface area contributed by atoms with Gasteiger partial charge in [-0.15, -0.1) is 0 Å². The fraction of sp³-hybridized carbons (Fsp3) is 0.278. The fourth-order valence-corrected chi connectivity index (χ4v) is 3.06. The van der Waals surface area contributed by atoms with E-state index in [-0.39, 0.29) is 12.3 Å². The van der Waals surface area contributed by atoms with Crippen LogP contribution in [0.4, 0.5) is 4.39 Å². The van der Waals surface area contributed by atoms with E-state index in [1.54, 1.807) is 11.0 Å². The number of amides is 1. The van der Waals surface area contributed by atoms with Crippen molar-refractivity contribution in [2.75, 3.05) is 6.54 Å². The lowest BCUT2D eigenvalue weighted by Crippen LogP contribution is -2.36. The molecule has 23 heavy (non-hydrogen) atoms. The molecule has 1 amide bonds. The minimum atomic E-state index is -1.00. The quantitative estimate of drug-likeness (QED) is 0.934. The number of halogens is 2. The van der Waals surface area contributed by atoms with Gasteiger partial charge >= 0.3 is 0 Å². The van der Waals surface area contributed by atoms with Gasteiger partial charge in [0.1, 0.15) is 5.82 Å². The predicted octanol–water partition coefficient (Wildman–Crippen LogP) is 3.49. The van der Waals surface area contributed by atoms with Gasteiger partial charge in [0, 0.05) is 18.1 Å². The molecule has 0 aliphatic carbocycles. The van der Waals surface area contributed by atoms with Crippen LogP contribution in [0, 0.1) is 5.82 Å². The minimum absolute atomic E-state index is 0.0562. The maximum atomic E-state index is 13.2. The SMILES string of the molecule is O=C(CC(O)c1cccc(F)c1)N1CCc2ccc(Cl)cc2C1. The standard InChI is InChI=1S/C18H17ClFNO2/c19-15-5-4-12-6-7-21(11-14(12)8-15)18(23)10-17(22)13-2-1-3-16(20)9-13/h1-5,8-9,17,22H,6-7,10-11H2. The van der Waals surface area contributed by atoms with E-state index in [0.717, 1.165) is 12.0 Å². The molecule has 120 valence electrons. The van der Waals surface area contributed by atoms with Gasteiger partial charge in [-0.3, -0.25) is 4.79 Å². The van der Waals surface area contributed by atoms with Crippen molar-refractivity contribution in [1.29, 1.82) is 0 Å². The van der Waals surface area contributed by atoms with E-state index in [1.807, 2.05) is 18.2 Å². The largest absolute Gasteiger partial charge is 0.388 e. The number of aliphatic hydroxyl groups is 1. The zero-order valence-corrected chi connectivity index (χ0v) is 13.3. The van der Waals surface area contributed by atoms with Crippen molar-refractivity contribution in [2.24, 2.45) is 0 Å². The molecule has 0 radical (unpaired) electrons. The molecular formula is C18H17ClFNO2. The lowest BCUT2D eigenvalue weighted by molar-refractivity contribution is -0.134. The Balaban J connectivity index is 1.67. The Morgan fingerprint density at radius 2 is 2.09 bits per heavy atom. The Hall–Kier alpha value is -1.91. The molecule has 1 atom stereocenters. The second-order valence-electron chi connectivity index (χ2n) is 5.75. The first-order valence-electron chi connectivity index (χ1n) is 7.51. The molecule has 1 aliphatic rings. The molecule has 2 aromatic rings. The van der Waals surface area contributed by atoms with Crippen molar-refractivity contribution in [3.63, 3.8) is 0 Å². The molecule has 0 spiro atoms. The van der Waals surface area contributed by atoms with E-state index in [1.165, 1.54) is 23.8 Å². The third-order valence-electron chi connectivity index (χ3n) is 4.13. The Kier molecular flexibility index (Phi) is 4.64. The molecule has 1 aliphatic heterocycles. The molecule has 3 nitrogen and oxygen atoms in total. The molecule has 0 aromatic heterocycles. The summed E-state index contributed by atoms with van der Waals surface area (Å²) >= 11 is 6.00. The van der Waals surface area contributed by atoms with Crippen molar-refractivity contribution >= 4 is 17.5 Å². The van der Waals surface area contributed by atoms with Gasteiger partial charge in [0.15, 0.2) is 0 Å². The lowest BCUT2D eigenvalue weighted by atomic mass is 9.99. The zero-order valence-electron chi connectivity index (χ0n) is 12.5. The van der Waals surface area contributed by atoms with Crippen LogP contribution in [0.5, 0.6) is 0 Å². The molecule has 3 rings (SSSR count). The third kappa shape index (κ3) is 3.71. The van der Waals surface area contributed by atoms with Crippen LogP contribution in [0.15, 0.2) is 42.5 Å². The molecule has 0 saturated heterocycles. The van der Waals surface area contributed by atoms with Crippen LogP contribution in [0.3, 0.4) is 0 Å². The molecule has 0 fully saturated rings. The monoisotopic (exact) mass is 333 g/mol. The van der Waals surface area contributed by atoms with Crippen LogP contribution in [-0.2, 0) is 17.8 Å². The number of hydrogen-bond donors (Lipinski definition) is 1. The maximum absolute atomic E-state index is 13.2. The highest BCUT2D eigenvalue weighted by Crippen LogP contribution is 2.25. The van der Waals surface area contributed by atoms with Gasteiger partial charge in [0.2, 0.25) is 5.91 Å². The van der Waals surface area contributed by atoms with Gasteiger partial charge in [0.25, 0.3) is 0 Å². The Labute approximate surface area is 139 Å². The molecule has 2 aromatic carbocycles. The summed E-state index contributed by atoms with van der Waals surface area (Å²) in [6, 6.07) is 11.4. The topological polar surface area (TPSA) is 40.5 Å². The Morgan fingerprint density at radius 3 is 2.87 bits per heavy atom. The minimum Gasteiger partial charge on any atom is -0.388 e. The Bertz CT molecular complexity index is 735. The second kappa shape index (κ2) is 6.69. The second-order valence-corrected chi connectivity index (χ2v) is 6.19. The maximum Gasteiger partial charge on any atom is 0.225 e. The average Bonchev–Trinajstić information content (AvgIpc) is 2.54. The van der Waals surface area contributed by atoms with Crippen LogP contribution in [-0.4, -0.2) is 22.5 Å². The lowest BCUT2D eigenvalue weighted by Gasteiger charge is -2.29. The molecule has 5 heteroatoms. The first kappa shape index (κ1) is 16.0. The van der Waals surface area contributed by atoms with Gasteiger partial charge in [0.05, 0.1) is 12.5 Å². The first-order chi connectivity index (χ1) is 11.0. The van der Waals surface area contributed by atoms with Crippen molar-refractivity contribution in [1.82, 2.24) is 4.90 Å². The number of carbonyl (C=O) groups excluding carboxylic acids is 1. The van der Waals surface area contributed by atoms with Crippen molar-refractivity contribution in [3.8, 4) is 0 Å². The molecule has 0 bridgehead atoms. The predicted molar refractivity (Wildman–Crippen MR) is 86.5 cm³/mol. The summed E-state index contributed by atoms with van der Waals surface area (Å²) in [6.07, 6.45) is -0.285. The Morgan fingerprint density at radius 1 is 1.26 bits per heavy atom. The summed E-state index contributed by atoms with van der Waals surface area (Å²) in [5, 5.41) is 10.8. The summed E-state index contributed by atoms with van der Waals surface area (Å²) in [6.45, 7) is 1.11. The average molecular weight is 334 g/mol. The third-order valence-corrected chi connectivity index (χ3v) is 4.37. The number of fused-ring (bicyclic) bond motifs is 1. The van der Waals surface area contributed by atoms with Gasteiger partial charge in [-0.2, -0.15) is 0 Å². The number of aliphatic hydroxyl groups excluding tert-OH is 1. The fourth-order valence-electron chi connectivity index (χ4n) is 2.86. The van der Waals surface area contributed by atoms with E-state index in [0.29, 0.717) is 23.7 Å². The van der Waals surface area contributed by atoms with Crippen LogP contribution < -0.4 is 0 Å². The van der Waals surface area contributed by atoms with Gasteiger partial charge in [-0.1, -0.05) is 29.8 Å². The van der Waals surface area contributed by atoms with E-state index in [2.05, 4.69) is 0 Å². The number of hydrogen-bond acceptors (Lipinski definition) is 2. The molecule has 1 N–H and O–H groups in total. The molecular weight excluding hydrogens is 317 g/mol. The molecule has 0 saturated carbocycles. The number of carbonyl (C=O) groups is 1. The van der Waals surface area contributed by atoms with Crippen molar-refractivity contribution in [2.45, 2.75) is 25.5 Å². The number of nitrogens with zero attached hydrogens (tertiary/aromatic N) is 1. The number of rotatable bonds is 3. The number of benzene rings is 2. The van der Waals surface area contributed by atoms with Gasteiger partial charge < -0.3 is 10.0 Å². The summed E-state index contributed by atoms with van der Waals surface area (Å²) in [7, 11) is 0. The van der Waals surface area contributed by atoms with E-state index < -0.39 is 11.9 Å².